The summed E-state index contributed by atoms with van der Waals surface area (Å²) in [6.07, 6.45) is 2.27. The number of thiazole rings is 1. The van der Waals surface area contributed by atoms with Gasteiger partial charge in [-0.1, -0.05) is 11.2 Å². The van der Waals surface area contributed by atoms with Crippen LogP contribution in [0.25, 0.3) is 6.08 Å². The van der Waals surface area contributed by atoms with Crippen LogP contribution in [-0.4, -0.2) is 76.8 Å². The first-order valence-corrected chi connectivity index (χ1v) is 13.0. The van der Waals surface area contributed by atoms with Gasteiger partial charge in [0.1, 0.15) is 16.8 Å². The number of hydrogen-bond acceptors (Lipinski definition) is 13. The number of carboxylic acids is 2. The van der Waals surface area contributed by atoms with Crippen LogP contribution in [0.15, 0.2) is 51.6 Å². The van der Waals surface area contributed by atoms with E-state index in [1.165, 1.54) is 10.9 Å². The second-order valence-electron chi connectivity index (χ2n) is 8.09. The maximum absolute atomic E-state index is 13.3. The lowest BCUT2D eigenvalue weighted by molar-refractivity contribution is -0.394. The quantitative estimate of drug-likeness (QED) is 0.143. The molecule has 41 heavy (non-hydrogen) atoms. The van der Waals surface area contributed by atoms with Crippen LogP contribution >= 0.6 is 23.1 Å². The molecule has 4 rings (SSSR count). The summed E-state index contributed by atoms with van der Waals surface area (Å²) < 4.78 is 0. The maximum atomic E-state index is 13.3. The molecule has 2 atom stereocenters. The number of oxime groups is 1. The Labute approximate surface area is 236 Å². The highest BCUT2D eigenvalue weighted by Crippen LogP contribution is 2.44. The van der Waals surface area contributed by atoms with Gasteiger partial charge in [-0.05, 0) is 12.1 Å². The molecular weight excluding hydrogens is 588 g/mol. The van der Waals surface area contributed by atoms with Crippen LogP contribution in [0.4, 0.5) is 11.4 Å². The van der Waals surface area contributed by atoms with E-state index in [0.29, 0.717) is 0 Å². The Morgan fingerprint density at radius 3 is 2.56 bits per heavy atom. The normalized spacial score (nSPS) is 18.5. The van der Waals surface area contributed by atoms with Crippen molar-refractivity contribution in [3.63, 3.8) is 0 Å². The molecule has 2 amide bonds. The van der Waals surface area contributed by atoms with Gasteiger partial charge in [0.25, 0.3) is 17.3 Å². The largest absolute Gasteiger partial charge is 0.479 e. The van der Waals surface area contributed by atoms with Crippen LogP contribution in [0.1, 0.15) is 17.7 Å². The third-order valence-corrected chi connectivity index (χ3v) is 7.48. The van der Waals surface area contributed by atoms with Gasteiger partial charge in [-0.25, -0.2) is 14.6 Å². The minimum Gasteiger partial charge on any atom is -0.479 e. The van der Waals surface area contributed by atoms with E-state index in [1.807, 2.05) is 0 Å². The summed E-state index contributed by atoms with van der Waals surface area (Å²) in [5.74, 6) is -4.29. The van der Waals surface area contributed by atoms with Crippen molar-refractivity contribution < 1.29 is 44.1 Å². The van der Waals surface area contributed by atoms with Crippen molar-refractivity contribution in [2.24, 2.45) is 5.16 Å². The summed E-state index contributed by atoms with van der Waals surface area (Å²) in [7, 11) is 0. The molecule has 1 aromatic carbocycles. The average Bonchev–Trinajstić information content (AvgIpc) is 3.43. The third-order valence-electron chi connectivity index (χ3n) is 5.56. The van der Waals surface area contributed by atoms with Gasteiger partial charge in [0, 0.05) is 17.0 Å². The van der Waals surface area contributed by atoms with E-state index < -0.39 is 73.7 Å². The number of amides is 2. The summed E-state index contributed by atoms with van der Waals surface area (Å²) in [5.41, 5.74) is -0.879. The zero-order valence-corrected chi connectivity index (χ0v) is 21.9. The molecule has 0 aliphatic carbocycles. The van der Waals surface area contributed by atoms with E-state index in [4.69, 9.17) is 9.94 Å². The predicted octanol–water partition coefficient (Wildman–Crippen LogP) is 1.56. The first kappa shape index (κ1) is 28.8. The number of fused-ring (bicyclic) bond motifs is 1. The van der Waals surface area contributed by atoms with Crippen molar-refractivity contribution in [1.29, 1.82) is 0 Å². The molecule has 0 saturated carbocycles. The van der Waals surface area contributed by atoms with Crippen LogP contribution in [0.5, 0.6) is 0 Å². The number of rotatable bonds is 11. The van der Waals surface area contributed by atoms with Crippen LogP contribution in [-0.2, 0) is 24.0 Å². The summed E-state index contributed by atoms with van der Waals surface area (Å²) in [4.78, 5) is 79.2. The number of nitro groups is 2. The highest BCUT2D eigenvalue weighted by molar-refractivity contribution is 8.00. The van der Waals surface area contributed by atoms with Gasteiger partial charge in [-0.15, -0.1) is 23.1 Å². The third kappa shape index (κ3) is 6.20. The Morgan fingerprint density at radius 2 is 1.98 bits per heavy atom. The molecule has 212 valence electrons. The number of nitrogens with zero attached hydrogens (tertiary/aromatic N) is 5. The first-order chi connectivity index (χ1) is 19.5. The van der Waals surface area contributed by atoms with Crippen LogP contribution in [0.2, 0.25) is 0 Å². The molecule has 3 heterocycles. The molecule has 0 bridgehead atoms. The maximum Gasteiger partial charge on any atom is 0.353 e. The van der Waals surface area contributed by atoms with Crippen molar-refractivity contribution >= 4 is 70.0 Å². The highest BCUT2D eigenvalue weighted by atomic mass is 32.2. The number of non-ortho nitro benzene ring substituents is 1. The lowest BCUT2D eigenvalue weighted by Gasteiger charge is -2.46. The van der Waals surface area contributed by atoms with E-state index in [2.05, 4.69) is 15.5 Å². The lowest BCUT2D eigenvalue weighted by atomic mass is 10.0. The second kappa shape index (κ2) is 11.9. The number of thioether (sulfide) groups is 1. The Balaban J connectivity index is 1.74. The van der Waals surface area contributed by atoms with Crippen molar-refractivity contribution in [3.8, 4) is 0 Å². The SMILES string of the molecule is O=C(O)CON=C(C(=O)NC1S[C@@H]2CC(=O)N2C(C(=O)O)=C1C=Cc1ccc([N+](=O)[O-])cc1[N+](=O)[O-])c1cscn1. The average molecular weight is 605 g/mol. The monoisotopic (exact) mass is 604 g/mol. The molecule has 1 aromatic heterocycles. The Morgan fingerprint density at radius 1 is 1.22 bits per heavy atom. The fraction of sp³-hybridized carbons (Fsp3) is 0.182. The minimum atomic E-state index is -1.52. The molecule has 17 nitrogen and oxygen atoms in total. The molecule has 1 saturated heterocycles. The number of hydrogen-bond donors (Lipinski definition) is 3. The number of benzene rings is 1. The van der Waals surface area contributed by atoms with E-state index in [1.54, 1.807) is 0 Å². The van der Waals surface area contributed by atoms with E-state index >= 15 is 0 Å². The number of aromatic nitrogens is 1. The molecular formula is C22H16N6O11S2. The second-order valence-corrected chi connectivity index (χ2v) is 10.1. The van der Waals surface area contributed by atoms with Crippen LogP contribution < -0.4 is 5.32 Å². The van der Waals surface area contributed by atoms with E-state index in [0.717, 1.165) is 58.3 Å². The van der Waals surface area contributed by atoms with Gasteiger partial charge in [-0.2, -0.15) is 0 Å². The topological polar surface area (TPSA) is 245 Å². The molecule has 2 aliphatic heterocycles. The van der Waals surface area contributed by atoms with Crippen molar-refractivity contribution in [1.82, 2.24) is 15.2 Å². The number of carbonyl (C=O) groups excluding carboxylic acids is 2. The Hall–Kier alpha value is -5.17. The molecule has 1 unspecified atom stereocenters. The number of β-lactam (4-membered cyclic amide) rings is 1. The summed E-state index contributed by atoms with van der Waals surface area (Å²) in [6, 6.07) is 2.86. The van der Waals surface area contributed by atoms with Crippen molar-refractivity contribution in [2.75, 3.05) is 6.61 Å². The van der Waals surface area contributed by atoms with Gasteiger partial charge in [0.2, 0.25) is 12.5 Å². The summed E-state index contributed by atoms with van der Waals surface area (Å²) in [5, 5.41) is 47.2. The number of nitro benzene ring substituents is 2. The van der Waals surface area contributed by atoms with E-state index in [-0.39, 0.29) is 23.3 Å². The number of aliphatic carboxylic acids is 2. The molecule has 0 spiro atoms. The van der Waals surface area contributed by atoms with E-state index in [9.17, 15) is 44.5 Å². The highest BCUT2D eigenvalue weighted by Gasteiger charge is 2.48. The first-order valence-electron chi connectivity index (χ1n) is 11.1. The van der Waals surface area contributed by atoms with Crippen LogP contribution in [0.3, 0.4) is 0 Å². The van der Waals surface area contributed by atoms with Crippen molar-refractivity contribution in [2.45, 2.75) is 17.2 Å². The summed E-state index contributed by atoms with van der Waals surface area (Å²) >= 11 is 2.12. The molecule has 2 aromatic rings. The molecule has 3 N–H and O–H groups in total. The Kier molecular flexibility index (Phi) is 8.38. The summed E-state index contributed by atoms with van der Waals surface area (Å²) in [6.45, 7) is -0.858. The molecule has 0 radical (unpaired) electrons. The zero-order chi connectivity index (χ0) is 29.8. The van der Waals surface area contributed by atoms with Crippen LogP contribution in [0, 0.1) is 20.2 Å². The smallest absolute Gasteiger partial charge is 0.353 e. The minimum absolute atomic E-state index is 0.0204. The zero-order valence-electron chi connectivity index (χ0n) is 20.2. The Bertz CT molecular complexity index is 1550. The molecule has 19 heteroatoms. The van der Waals surface area contributed by atoms with Gasteiger partial charge < -0.3 is 20.4 Å². The van der Waals surface area contributed by atoms with Crippen molar-refractivity contribution in [3.05, 3.63) is 77.9 Å². The van der Waals surface area contributed by atoms with Gasteiger partial charge in [0.15, 0.2) is 5.71 Å². The van der Waals surface area contributed by atoms with Gasteiger partial charge in [-0.3, -0.25) is 34.7 Å². The van der Waals surface area contributed by atoms with Gasteiger partial charge >= 0.3 is 11.9 Å². The molecule has 1 fully saturated rings. The molecule has 2 aliphatic rings. The standard InChI is InChI=1S/C22H16N6O11S2/c29-15-6-16-26(15)19(22(33)34)12(4-2-10-1-3-11(27(35)36)5-14(10)28(37)38)21(41-16)24-20(32)18(13-8-40-9-23-13)25-39-7-17(30)31/h1-5,8-9,16,21H,6-7H2,(H,24,32)(H,30,31)(H,33,34)/t16-,21?/m1/s1. The fourth-order valence-corrected chi connectivity index (χ4v) is 5.71. The number of carbonyl (C=O) groups is 4. The predicted molar refractivity (Wildman–Crippen MR) is 140 cm³/mol. The number of carboxylic acid groups (broad SMARTS) is 2. The number of nitrogens with one attached hydrogen (secondary N) is 1. The fourth-order valence-electron chi connectivity index (χ4n) is 3.76. The van der Waals surface area contributed by atoms with Gasteiger partial charge in [0.05, 0.1) is 38.8 Å². The lowest BCUT2D eigenvalue weighted by Crippen LogP contribution is -2.57.